The maximum atomic E-state index is 12.3. The molecule has 3 N–H and O–H groups in total. The summed E-state index contributed by atoms with van der Waals surface area (Å²) in [6.07, 6.45) is 0. The van der Waals surface area contributed by atoms with Crippen molar-refractivity contribution in [3.05, 3.63) is 53.6 Å². The van der Waals surface area contributed by atoms with E-state index in [-0.39, 0.29) is 11.7 Å². The van der Waals surface area contributed by atoms with Gasteiger partial charge < -0.3 is 15.9 Å². The van der Waals surface area contributed by atoms with Crippen LogP contribution in [0.25, 0.3) is 11.4 Å². The third-order valence-electron chi connectivity index (χ3n) is 4.01. The maximum Gasteiger partial charge on any atom is 0.234 e. The van der Waals surface area contributed by atoms with E-state index < -0.39 is 0 Å². The Bertz CT molecular complexity index is 953. The summed E-state index contributed by atoms with van der Waals surface area (Å²) in [7, 11) is 1.61. The minimum Gasteiger partial charge on any atom is -0.497 e. The molecule has 8 heteroatoms. The first kappa shape index (κ1) is 18.8. The van der Waals surface area contributed by atoms with Gasteiger partial charge in [-0.05, 0) is 55.3 Å². The number of nitrogens with zero attached hydrogens (tertiary/aromatic N) is 3. The van der Waals surface area contributed by atoms with Crippen molar-refractivity contribution < 1.29 is 9.53 Å². The number of aryl methyl sites for hydroxylation is 2. The van der Waals surface area contributed by atoms with E-state index in [0.29, 0.717) is 11.0 Å². The van der Waals surface area contributed by atoms with E-state index >= 15 is 0 Å². The van der Waals surface area contributed by atoms with Gasteiger partial charge in [0, 0.05) is 11.3 Å². The van der Waals surface area contributed by atoms with Crippen LogP contribution in [-0.2, 0) is 4.79 Å². The number of benzene rings is 2. The highest BCUT2D eigenvalue weighted by atomic mass is 32.2. The Labute approximate surface area is 161 Å². The summed E-state index contributed by atoms with van der Waals surface area (Å²) >= 11 is 1.24. The average Bonchev–Trinajstić information content (AvgIpc) is 3.03. The van der Waals surface area contributed by atoms with Crippen LogP contribution in [0.15, 0.2) is 47.6 Å². The molecule has 1 amide bonds. The number of hydrogen-bond donors (Lipinski definition) is 2. The average molecular weight is 383 g/mol. The zero-order chi connectivity index (χ0) is 19.4. The number of ether oxygens (including phenoxy) is 1. The van der Waals surface area contributed by atoms with Crippen molar-refractivity contribution in [2.75, 3.05) is 24.0 Å². The first-order valence-electron chi connectivity index (χ1n) is 8.32. The van der Waals surface area contributed by atoms with E-state index in [1.807, 2.05) is 56.3 Å². The maximum absolute atomic E-state index is 12.3. The van der Waals surface area contributed by atoms with E-state index in [1.54, 1.807) is 7.11 Å². The lowest BCUT2D eigenvalue weighted by Gasteiger charge is -2.09. The molecule has 0 saturated heterocycles. The second-order valence-corrected chi connectivity index (χ2v) is 7.00. The Kier molecular flexibility index (Phi) is 5.66. The van der Waals surface area contributed by atoms with Gasteiger partial charge in [-0.25, -0.2) is 4.68 Å². The molecule has 0 atom stereocenters. The summed E-state index contributed by atoms with van der Waals surface area (Å²) in [6.45, 7) is 3.95. The molecule has 0 saturated carbocycles. The largest absolute Gasteiger partial charge is 0.497 e. The Balaban J connectivity index is 1.65. The zero-order valence-corrected chi connectivity index (χ0v) is 16.2. The van der Waals surface area contributed by atoms with Gasteiger partial charge in [0.2, 0.25) is 11.1 Å². The lowest BCUT2D eigenvalue weighted by molar-refractivity contribution is -0.113. The summed E-state index contributed by atoms with van der Waals surface area (Å²) in [4.78, 5) is 12.3. The molecule has 140 valence electrons. The van der Waals surface area contributed by atoms with E-state index in [1.165, 1.54) is 16.4 Å². The fourth-order valence-corrected chi connectivity index (χ4v) is 3.16. The van der Waals surface area contributed by atoms with Gasteiger partial charge in [0.1, 0.15) is 5.75 Å². The molecule has 0 radical (unpaired) electrons. The number of nitrogen functional groups attached to an aromatic ring is 1. The highest BCUT2D eigenvalue weighted by molar-refractivity contribution is 7.99. The number of carbonyl (C=O) groups is 1. The Hall–Kier alpha value is -3.00. The van der Waals surface area contributed by atoms with Crippen LogP contribution in [0.3, 0.4) is 0 Å². The van der Waals surface area contributed by atoms with Crippen molar-refractivity contribution in [3.8, 4) is 17.1 Å². The summed E-state index contributed by atoms with van der Waals surface area (Å²) in [6, 6.07) is 13.3. The lowest BCUT2D eigenvalue weighted by atomic mass is 10.1. The molecule has 1 aromatic heterocycles. The predicted molar refractivity (Wildman–Crippen MR) is 107 cm³/mol. The molecule has 7 nitrogen and oxygen atoms in total. The molecule has 1 heterocycles. The number of anilines is 1. The Morgan fingerprint density at radius 3 is 2.63 bits per heavy atom. The van der Waals surface area contributed by atoms with Crippen molar-refractivity contribution in [2.24, 2.45) is 0 Å². The molecule has 0 spiro atoms. The van der Waals surface area contributed by atoms with Crippen LogP contribution in [0.5, 0.6) is 5.75 Å². The highest BCUT2D eigenvalue weighted by Crippen LogP contribution is 2.24. The molecule has 0 bridgehead atoms. The molecule has 0 aliphatic heterocycles. The molecule has 0 unspecified atom stereocenters. The number of carbonyl (C=O) groups excluding carboxylic acids is 1. The van der Waals surface area contributed by atoms with Gasteiger partial charge in [-0.15, -0.1) is 10.2 Å². The number of hydrogen-bond acceptors (Lipinski definition) is 6. The van der Waals surface area contributed by atoms with Crippen LogP contribution in [-0.4, -0.2) is 33.6 Å². The third-order valence-corrected chi connectivity index (χ3v) is 4.96. The van der Waals surface area contributed by atoms with Crippen LogP contribution >= 0.6 is 11.8 Å². The quantitative estimate of drug-likeness (QED) is 0.502. The normalized spacial score (nSPS) is 10.6. The van der Waals surface area contributed by atoms with Crippen LogP contribution in [0.1, 0.15) is 11.1 Å². The Morgan fingerprint density at radius 2 is 1.93 bits per heavy atom. The van der Waals surface area contributed by atoms with Crippen molar-refractivity contribution in [1.82, 2.24) is 14.9 Å². The van der Waals surface area contributed by atoms with Crippen molar-refractivity contribution in [2.45, 2.75) is 19.0 Å². The van der Waals surface area contributed by atoms with Gasteiger partial charge in [0.05, 0.1) is 12.9 Å². The molecular formula is C19H21N5O2S. The number of thioether (sulfide) groups is 1. The fourth-order valence-electron chi connectivity index (χ4n) is 2.50. The molecule has 0 aliphatic carbocycles. The first-order chi connectivity index (χ1) is 13.0. The molecule has 0 aliphatic rings. The van der Waals surface area contributed by atoms with Gasteiger partial charge in [0.25, 0.3) is 0 Å². The van der Waals surface area contributed by atoms with Crippen LogP contribution in [0.2, 0.25) is 0 Å². The van der Waals surface area contributed by atoms with E-state index in [0.717, 1.165) is 28.1 Å². The van der Waals surface area contributed by atoms with Gasteiger partial charge in [-0.2, -0.15) is 0 Å². The summed E-state index contributed by atoms with van der Waals surface area (Å²) in [5.41, 5.74) is 3.74. The fraction of sp³-hybridized carbons (Fsp3) is 0.211. The zero-order valence-electron chi connectivity index (χ0n) is 15.4. The van der Waals surface area contributed by atoms with Gasteiger partial charge >= 0.3 is 0 Å². The molecular weight excluding hydrogens is 362 g/mol. The predicted octanol–water partition coefficient (Wildman–Crippen LogP) is 3.02. The van der Waals surface area contributed by atoms with Crippen molar-refractivity contribution in [3.63, 3.8) is 0 Å². The summed E-state index contributed by atoms with van der Waals surface area (Å²) in [5, 5.41) is 11.6. The molecule has 3 rings (SSSR count). The first-order valence-corrected chi connectivity index (χ1v) is 9.31. The Morgan fingerprint density at radius 1 is 1.19 bits per heavy atom. The second-order valence-electron chi connectivity index (χ2n) is 6.06. The number of aromatic nitrogens is 3. The van der Waals surface area contributed by atoms with Crippen molar-refractivity contribution in [1.29, 1.82) is 0 Å². The third kappa shape index (κ3) is 4.40. The minimum atomic E-state index is -0.123. The minimum absolute atomic E-state index is 0.123. The molecule has 27 heavy (non-hydrogen) atoms. The van der Waals surface area contributed by atoms with Gasteiger partial charge in [-0.3, -0.25) is 4.79 Å². The molecule has 0 fully saturated rings. The lowest BCUT2D eigenvalue weighted by Crippen LogP contribution is -2.17. The molecule has 2 aromatic carbocycles. The summed E-state index contributed by atoms with van der Waals surface area (Å²) in [5.74, 6) is 7.43. The van der Waals surface area contributed by atoms with Crippen LogP contribution in [0.4, 0.5) is 5.69 Å². The van der Waals surface area contributed by atoms with Crippen LogP contribution < -0.4 is 15.9 Å². The number of rotatable bonds is 6. The summed E-state index contributed by atoms with van der Waals surface area (Å²) < 4.78 is 6.53. The van der Waals surface area contributed by atoms with Crippen molar-refractivity contribution >= 4 is 23.4 Å². The number of nitrogens with two attached hydrogens (primary N) is 1. The molecule has 3 aromatic rings. The monoisotopic (exact) mass is 383 g/mol. The number of nitrogens with one attached hydrogen (secondary N) is 1. The second kappa shape index (κ2) is 8.13. The smallest absolute Gasteiger partial charge is 0.234 e. The number of methoxy groups -OCH3 is 1. The van der Waals surface area contributed by atoms with E-state index in [2.05, 4.69) is 15.5 Å². The van der Waals surface area contributed by atoms with E-state index in [4.69, 9.17) is 10.6 Å². The SMILES string of the molecule is COc1ccc(-c2nnc(SCC(=O)Nc3cc(C)ccc3C)n2N)cc1. The van der Waals surface area contributed by atoms with Crippen LogP contribution in [0, 0.1) is 13.8 Å². The standard InChI is InChI=1S/C19H21N5O2S/c1-12-4-5-13(2)16(10-12)21-17(25)11-27-19-23-22-18(24(19)20)14-6-8-15(26-3)9-7-14/h4-10H,11,20H2,1-3H3,(H,21,25). The topological polar surface area (TPSA) is 95.1 Å². The van der Waals surface area contributed by atoms with E-state index in [9.17, 15) is 4.79 Å². The van der Waals surface area contributed by atoms with Gasteiger partial charge in [0.15, 0.2) is 5.82 Å². The van der Waals surface area contributed by atoms with Gasteiger partial charge in [-0.1, -0.05) is 23.9 Å². The highest BCUT2D eigenvalue weighted by Gasteiger charge is 2.14. The number of amides is 1.